The summed E-state index contributed by atoms with van der Waals surface area (Å²) in [4.78, 5) is 51.1. The summed E-state index contributed by atoms with van der Waals surface area (Å²) in [6.45, 7) is 0. The number of benzene rings is 5. The molecule has 9 nitrogen and oxygen atoms in total. The van der Waals surface area contributed by atoms with Crippen molar-refractivity contribution >= 4 is 64.2 Å². The molecule has 0 heterocycles. The molecule has 0 aliphatic rings. The van der Waals surface area contributed by atoms with Crippen LogP contribution < -0.4 is 16.0 Å². The number of non-ortho nitro benzene ring substituents is 1. The first-order valence-electron chi connectivity index (χ1n) is 14.3. The Hall–Kier alpha value is -5.71. The van der Waals surface area contributed by atoms with E-state index in [-0.39, 0.29) is 17.3 Å². The van der Waals surface area contributed by atoms with Gasteiger partial charge < -0.3 is 16.0 Å². The first-order chi connectivity index (χ1) is 22.8. The molecule has 0 saturated carbocycles. The van der Waals surface area contributed by atoms with E-state index >= 15 is 0 Å². The molecule has 0 radical (unpaired) electrons. The standard InChI is InChI=1S/C36H27ClN4O5S/c37-30-13-7-8-14-31(30)39-36(44)33(25-9-3-1-4-10-25)47-29-21-17-27(18-22-29)38-35(43)32(40-34(42)26-11-5-2-6-12-26)23-24-15-19-28(20-16-24)41(45)46/h1-23,33H,(H,38,43)(H,39,44)(H,40,42)/b32-23-. The van der Waals surface area contributed by atoms with Crippen molar-refractivity contribution in [3.05, 3.63) is 171 Å². The second kappa shape index (κ2) is 15.5. The van der Waals surface area contributed by atoms with Gasteiger partial charge in [-0.1, -0.05) is 72.3 Å². The molecule has 0 fully saturated rings. The molecule has 5 aromatic rings. The molecule has 3 N–H and O–H groups in total. The zero-order chi connectivity index (χ0) is 33.2. The predicted molar refractivity (Wildman–Crippen MR) is 185 cm³/mol. The molecule has 234 valence electrons. The lowest BCUT2D eigenvalue weighted by molar-refractivity contribution is -0.384. The van der Waals surface area contributed by atoms with Gasteiger partial charge >= 0.3 is 0 Å². The number of nitro groups is 1. The SMILES string of the molecule is O=C(Nc1ccc(SC(C(=O)Nc2ccccc2Cl)c2ccccc2)cc1)/C(=C/c1ccc([N+](=O)[O-])cc1)NC(=O)c1ccccc1. The van der Waals surface area contributed by atoms with Gasteiger partial charge in [-0.05, 0) is 77.9 Å². The quantitative estimate of drug-likeness (QED) is 0.0567. The van der Waals surface area contributed by atoms with Crippen molar-refractivity contribution in [1.82, 2.24) is 5.32 Å². The molecule has 47 heavy (non-hydrogen) atoms. The molecule has 0 spiro atoms. The van der Waals surface area contributed by atoms with Gasteiger partial charge in [0.05, 0.1) is 15.6 Å². The fourth-order valence-corrected chi connectivity index (χ4v) is 5.62. The number of para-hydroxylation sites is 1. The van der Waals surface area contributed by atoms with Crippen molar-refractivity contribution in [3.63, 3.8) is 0 Å². The number of carbonyl (C=O) groups excluding carboxylic acids is 3. The third-order valence-electron chi connectivity index (χ3n) is 6.78. The van der Waals surface area contributed by atoms with E-state index in [4.69, 9.17) is 11.6 Å². The van der Waals surface area contributed by atoms with E-state index in [2.05, 4.69) is 16.0 Å². The van der Waals surface area contributed by atoms with Crippen LogP contribution in [0.5, 0.6) is 0 Å². The average Bonchev–Trinajstić information content (AvgIpc) is 3.09. The highest BCUT2D eigenvalue weighted by Gasteiger charge is 2.23. The number of anilines is 2. The van der Waals surface area contributed by atoms with Crippen molar-refractivity contribution in [2.75, 3.05) is 10.6 Å². The number of thioether (sulfide) groups is 1. The Balaban J connectivity index is 1.34. The van der Waals surface area contributed by atoms with Gasteiger partial charge in [-0.25, -0.2) is 0 Å². The summed E-state index contributed by atoms with van der Waals surface area (Å²) in [7, 11) is 0. The minimum atomic E-state index is -0.602. The fourth-order valence-electron chi connectivity index (χ4n) is 4.41. The third-order valence-corrected chi connectivity index (χ3v) is 8.38. The minimum absolute atomic E-state index is 0.0634. The lowest BCUT2D eigenvalue weighted by Crippen LogP contribution is -2.30. The second-order valence-electron chi connectivity index (χ2n) is 10.1. The van der Waals surface area contributed by atoms with Crippen LogP contribution in [0.1, 0.15) is 26.7 Å². The van der Waals surface area contributed by atoms with E-state index in [1.807, 2.05) is 30.3 Å². The topological polar surface area (TPSA) is 130 Å². The van der Waals surface area contributed by atoms with Crippen molar-refractivity contribution in [2.24, 2.45) is 0 Å². The van der Waals surface area contributed by atoms with Crippen molar-refractivity contribution < 1.29 is 19.3 Å². The molecule has 0 aromatic heterocycles. The molecular weight excluding hydrogens is 636 g/mol. The van der Waals surface area contributed by atoms with Gasteiger partial charge in [-0.2, -0.15) is 0 Å². The van der Waals surface area contributed by atoms with E-state index in [0.717, 1.165) is 10.5 Å². The highest BCUT2D eigenvalue weighted by Crippen LogP contribution is 2.37. The van der Waals surface area contributed by atoms with Crippen molar-refractivity contribution in [1.29, 1.82) is 0 Å². The minimum Gasteiger partial charge on any atom is -0.323 e. The molecule has 1 unspecified atom stereocenters. The zero-order valence-electron chi connectivity index (χ0n) is 24.6. The van der Waals surface area contributed by atoms with Gasteiger partial charge in [-0.15, -0.1) is 11.8 Å². The summed E-state index contributed by atoms with van der Waals surface area (Å²) in [5.74, 6) is -1.35. The highest BCUT2D eigenvalue weighted by atomic mass is 35.5. The summed E-state index contributed by atoms with van der Waals surface area (Å²) in [5, 5.41) is 19.2. The Morgan fingerprint density at radius 3 is 2.00 bits per heavy atom. The number of nitrogens with one attached hydrogen (secondary N) is 3. The van der Waals surface area contributed by atoms with Gasteiger partial charge in [-0.3, -0.25) is 24.5 Å². The Bertz CT molecular complexity index is 1920. The van der Waals surface area contributed by atoms with Crippen LogP contribution in [0.15, 0.2) is 144 Å². The molecule has 0 aliphatic carbocycles. The molecule has 5 rings (SSSR count). The number of hydrogen-bond acceptors (Lipinski definition) is 6. The number of hydrogen-bond donors (Lipinski definition) is 3. The molecule has 0 aliphatic heterocycles. The summed E-state index contributed by atoms with van der Waals surface area (Å²) in [5.41, 5.74) is 2.41. The molecule has 11 heteroatoms. The van der Waals surface area contributed by atoms with Gasteiger partial charge in [0.1, 0.15) is 10.9 Å². The largest absolute Gasteiger partial charge is 0.323 e. The Labute approximate surface area is 279 Å². The summed E-state index contributed by atoms with van der Waals surface area (Å²) in [6.07, 6.45) is 1.44. The number of halogens is 1. The average molecular weight is 663 g/mol. The van der Waals surface area contributed by atoms with E-state index in [0.29, 0.717) is 27.5 Å². The number of nitro benzene ring substituents is 1. The maximum Gasteiger partial charge on any atom is 0.272 e. The molecule has 0 bridgehead atoms. The number of carbonyl (C=O) groups is 3. The second-order valence-corrected chi connectivity index (χ2v) is 11.7. The summed E-state index contributed by atoms with van der Waals surface area (Å²) >= 11 is 7.61. The first kappa shape index (κ1) is 32.7. The molecule has 3 amide bonds. The predicted octanol–water partition coefficient (Wildman–Crippen LogP) is 8.13. The third kappa shape index (κ3) is 8.94. The molecular formula is C36H27ClN4O5S. The normalized spacial score (nSPS) is 11.6. The molecule has 0 saturated heterocycles. The lowest BCUT2D eigenvalue weighted by atomic mass is 10.1. The first-order valence-corrected chi connectivity index (χ1v) is 15.5. The van der Waals surface area contributed by atoms with Crippen LogP contribution in [0, 0.1) is 10.1 Å². The number of nitrogens with zero attached hydrogens (tertiary/aromatic N) is 1. The fraction of sp³-hybridized carbons (Fsp3) is 0.0278. The van der Waals surface area contributed by atoms with Crippen LogP contribution in [0.2, 0.25) is 5.02 Å². The van der Waals surface area contributed by atoms with Crippen molar-refractivity contribution in [2.45, 2.75) is 10.1 Å². The number of rotatable bonds is 11. The monoisotopic (exact) mass is 662 g/mol. The summed E-state index contributed by atoms with van der Waals surface area (Å²) in [6, 6.07) is 37.3. The smallest absolute Gasteiger partial charge is 0.272 e. The van der Waals surface area contributed by atoms with Crippen LogP contribution in [-0.4, -0.2) is 22.6 Å². The van der Waals surface area contributed by atoms with Gasteiger partial charge in [0.2, 0.25) is 5.91 Å². The highest BCUT2D eigenvalue weighted by molar-refractivity contribution is 8.00. The Morgan fingerprint density at radius 2 is 1.36 bits per heavy atom. The Kier molecular flexibility index (Phi) is 10.8. The molecule has 5 aromatic carbocycles. The van der Waals surface area contributed by atoms with Crippen LogP contribution in [0.4, 0.5) is 17.1 Å². The van der Waals surface area contributed by atoms with Gasteiger partial charge in [0.25, 0.3) is 17.5 Å². The van der Waals surface area contributed by atoms with E-state index < -0.39 is 22.0 Å². The zero-order valence-corrected chi connectivity index (χ0v) is 26.2. The van der Waals surface area contributed by atoms with Gasteiger partial charge in [0, 0.05) is 28.3 Å². The lowest BCUT2D eigenvalue weighted by Gasteiger charge is -2.18. The number of amides is 3. The van der Waals surface area contributed by atoms with Crippen molar-refractivity contribution in [3.8, 4) is 0 Å². The molecule has 1 atom stereocenters. The maximum atomic E-state index is 13.4. The maximum absolute atomic E-state index is 13.4. The van der Waals surface area contributed by atoms with Crippen LogP contribution in [-0.2, 0) is 9.59 Å². The van der Waals surface area contributed by atoms with Crippen LogP contribution >= 0.6 is 23.4 Å². The van der Waals surface area contributed by atoms with Gasteiger partial charge in [0.15, 0.2) is 0 Å². The van der Waals surface area contributed by atoms with Crippen LogP contribution in [0.3, 0.4) is 0 Å². The Morgan fingerprint density at radius 1 is 0.745 bits per heavy atom. The summed E-state index contributed by atoms with van der Waals surface area (Å²) < 4.78 is 0. The van der Waals surface area contributed by atoms with E-state index in [1.54, 1.807) is 78.9 Å². The van der Waals surface area contributed by atoms with Crippen LogP contribution in [0.25, 0.3) is 6.08 Å². The van der Waals surface area contributed by atoms with E-state index in [9.17, 15) is 24.5 Å². The van der Waals surface area contributed by atoms with E-state index in [1.165, 1.54) is 42.1 Å².